The van der Waals surface area contributed by atoms with E-state index in [0.29, 0.717) is 6.42 Å². The van der Waals surface area contributed by atoms with Crippen LogP contribution in [0.15, 0.2) is 24.3 Å². The highest BCUT2D eigenvalue weighted by Crippen LogP contribution is 2.27. The van der Waals surface area contributed by atoms with Crippen LogP contribution in [0.4, 0.5) is 0 Å². The van der Waals surface area contributed by atoms with Crippen molar-refractivity contribution in [3.05, 3.63) is 29.8 Å². The predicted octanol–water partition coefficient (Wildman–Crippen LogP) is 2.68. The Morgan fingerprint density at radius 3 is 2.61 bits per heavy atom. The lowest BCUT2D eigenvalue weighted by Gasteiger charge is -2.23. The van der Waals surface area contributed by atoms with Gasteiger partial charge in [0.2, 0.25) is 0 Å². The fourth-order valence-corrected chi connectivity index (χ4v) is 2.14. The summed E-state index contributed by atoms with van der Waals surface area (Å²) in [7, 11) is 0. The van der Waals surface area contributed by atoms with Gasteiger partial charge in [-0.05, 0) is 44.4 Å². The zero-order chi connectivity index (χ0) is 13.5. The van der Waals surface area contributed by atoms with Crippen LogP contribution in [0.25, 0.3) is 0 Å². The number of hydrogen-bond donors (Lipinski definition) is 2. The van der Waals surface area contributed by atoms with Crippen molar-refractivity contribution < 1.29 is 9.84 Å². The van der Waals surface area contributed by atoms with Gasteiger partial charge in [0, 0.05) is 18.6 Å². The SMILES string of the molecule is CCC(N)C(CCO)c1cccc(OC(C)C)c1. The van der Waals surface area contributed by atoms with Crippen LogP contribution in [0.2, 0.25) is 0 Å². The van der Waals surface area contributed by atoms with Gasteiger partial charge in [0.1, 0.15) is 5.75 Å². The molecule has 0 saturated carbocycles. The molecule has 0 aliphatic rings. The van der Waals surface area contributed by atoms with E-state index in [-0.39, 0.29) is 24.7 Å². The van der Waals surface area contributed by atoms with E-state index in [1.807, 2.05) is 32.0 Å². The van der Waals surface area contributed by atoms with Crippen molar-refractivity contribution in [3.63, 3.8) is 0 Å². The van der Waals surface area contributed by atoms with Crippen molar-refractivity contribution in [1.82, 2.24) is 0 Å². The summed E-state index contributed by atoms with van der Waals surface area (Å²) in [5.74, 6) is 1.06. The molecule has 0 amide bonds. The lowest BCUT2D eigenvalue weighted by molar-refractivity contribution is 0.241. The Labute approximate surface area is 110 Å². The number of aliphatic hydroxyl groups excluding tert-OH is 1. The van der Waals surface area contributed by atoms with Crippen molar-refractivity contribution in [1.29, 1.82) is 0 Å². The van der Waals surface area contributed by atoms with E-state index in [2.05, 4.69) is 13.0 Å². The van der Waals surface area contributed by atoms with Gasteiger partial charge in [-0.25, -0.2) is 0 Å². The molecule has 1 rings (SSSR count). The Bertz CT molecular complexity index is 352. The fourth-order valence-electron chi connectivity index (χ4n) is 2.14. The number of ether oxygens (including phenoxy) is 1. The number of aliphatic hydroxyl groups is 1. The minimum atomic E-state index is 0.0754. The second-order valence-corrected chi connectivity index (χ2v) is 4.93. The smallest absolute Gasteiger partial charge is 0.119 e. The molecule has 3 N–H and O–H groups in total. The molecule has 0 bridgehead atoms. The van der Waals surface area contributed by atoms with Crippen LogP contribution in [0.1, 0.15) is 45.1 Å². The lowest BCUT2D eigenvalue weighted by atomic mass is 9.88. The van der Waals surface area contributed by atoms with Crippen LogP contribution >= 0.6 is 0 Å². The first-order valence-corrected chi connectivity index (χ1v) is 6.71. The summed E-state index contributed by atoms with van der Waals surface area (Å²) in [6.45, 7) is 6.25. The van der Waals surface area contributed by atoms with Crippen molar-refractivity contribution in [2.45, 2.75) is 51.7 Å². The first-order valence-electron chi connectivity index (χ1n) is 6.71. The zero-order valence-electron chi connectivity index (χ0n) is 11.6. The summed E-state index contributed by atoms with van der Waals surface area (Å²) in [5, 5.41) is 9.17. The van der Waals surface area contributed by atoms with Gasteiger partial charge < -0.3 is 15.6 Å². The average Bonchev–Trinajstić information content (AvgIpc) is 2.34. The molecule has 1 aromatic rings. The molecule has 3 heteroatoms. The predicted molar refractivity (Wildman–Crippen MR) is 74.9 cm³/mol. The van der Waals surface area contributed by atoms with Gasteiger partial charge >= 0.3 is 0 Å². The highest BCUT2D eigenvalue weighted by Gasteiger charge is 2.18. The summed E-state index contributed by atoms with van der Waals surface area (Å²) in [5.41, 5.74) is 7.28. The second-order valence-electron chi connectivity index (χ2n) is 4.93. The third-order valence-corrected chi connectivity index (χ3v) is 3.09. The third-order valence-electron chi connectivity index (χ3n) is 3.09. The standard InChI is InChI=1S/C15H25NO2/c1-4-15(16)14(8-9-17)12-6-5-7-13(10-12)18-11(2)3/h5-7,10-11,14-15,17H,4,8-9,16H2,1-3H3. The molecule has 2 atom stereocenters. The molecular weight excluding hydrogens is 226 g/mol. The van der Waals surface area contributed by atoms with Crippen LogP contribution in [-0.4, -0.2) is 23.9 Å². The summed E-state index contributed by atoms with van der Waals surface area (Å²) >= 11 is 0. The Morgan fingerprint density at radius 1 is 1.33 bits per heavy atom. The molecule has 0 heterocycles. The first-order chi connectivity index (χ1) is 8.58. The normalized spacial score (nSPS) is 14.6. The number of rotatable bonds is 7. The summed E-state index contributed by atoms with van der Waals surface area (Å²) in [6.07, 6.45) is 1.76. The summed E-state index contributed by atoms with van der Waals surface area (Å²) in [6, 6.07) is 8.11. The minimum Gasteiger partial charge on any atom is -0.491 e. The highest BCUT2D eigenvalue weighted by atomic mass is 16.5. The van der Waals surface area contributed by atoms with E-state index >= 15 is 0 Å². The van der Waals surface area contributed by atoms with Gasteiger partial charge in [0.25, 0.3) is 0 Å². The van der Waals surface area contributed by atoms with Gasteiger partial charge in [-0.15, -0.1) is 0 Å². The number of hydrogen-bond acceptors (Lipinski definition) is 3. The molecule has 0 aromatic heterocycles. The van der Waals surface area contributed by atoms with Crippen molar-refractivity contribution in [2.75, 3.05) is 6.61 Å². The molecule has 18 heavy (non-hydrogen) atoms. The molecule has 0 fully saturated rings. The van der Waals surface area contributed by atoms with Gasteiger partial charge in [0.05, 0.1) is 6.10 Å². The van der Waals surface area contributed by atoms with Gasteiger partial charge in [-0.1, -0.05) is 19.1 Å². The minimum absolute atomic E-state index is 0.0754. The van der Waals surface area contributed by atoms with E-state index in [1.165, 1.54) is 0 Å². The molecule has 2 unspecified atom stereocenters. The monoisotopic (exact) mass is 251 g/mol. The van der Waals surface area contributed by atoms with Gasteiger partial charge in [-0.2, -0.15) is 0 Å². The van der Waals surface area contributed by atoms with Gasteiger partial charge in [0.15, 0.2) is 0 Å². The Morgan fingerprint density at radius 2 is 2.06 bits per heavy atom. The Kier molecular flexibility index (Phi) is 6.16. The van der Waals surface area contributed by atoms with Crippen LogP contribution in [0.5, 0.6) is 5.75 Å². The van der Waals surface area contributed by atoms with Crippen molar-refractivity contribution in [2.24, 2.45) is 5.73 Å². The molecule has 1 aromatic carbocycles. The molecular formula is C15H25NO2. The number of nitrogens with two attached hydrogens (primary N) is 1. The summed E-state index contributed by atoms with van der Waals surface area (Å²) in [4.78, 5) is 0. The molecule has 0 saturated heterocycles. The average molecular weight is 251 g/mol. The zero-order valence-corrected chi connectivity index (χ0v) is 11.6. The molecule has 0 aliphatic heterocycles. The van der Waals surface area contributed by atoms with E-state index in [0.717, 1.165) is 17.7 Å². The maximum absolute atomic E-state index is 9.17. The maximum Gasteiger partial charge on any atom is 0.119 e. The number of benzene rings is 1. The van der Waals surface area contributed by atoms with E-state index < -0.39 is 0 Å². The largest absolute Gasteiger partial charge is 0.491 e. The fraction of sp³-hybridized carbons (Fsp3) is 0.600. The highest BCUT2D eigenvalue weighted by molar-refractivity contribution is 5.31. The molecule has 0 aliphatic carbocycles. The van der Waals surface area contributed by atoms with Crippen LogP contribution in [0, 0.1) is 0 Å². The topological polar surface area (TPSA) is 55.5 Å². The van der Waals surface area contributed by atoms with E-state index in [1.54, 1.807) is 0 Å². The van der Waals surface area contributed by atoms with Crippen LogP contribution in [0.3, 0.4) is 0 Å². The first kappa shape index (κ1) is 15.0. The molecule has 0 radical (unpaired) electrons. The van der Waals surface area contributed by atoms with Crippen molar-refractivity contribution >= 4 is 0 Å². The van der Waals surface area contributed by atoms with Crippen molar-refractivity contribution in [3.8, 4) is 5.75 Å². The van der Waals surface area contributed by atoms with E-state index in [9.17, 15) is 5.11 Å². The Hall–Kier alpha value is -1.06. The van der Waals surface area contributed by atoms with Crippen LogP contribution < -0.4 is 10.5 Å². The Balaban J connectivity index is 2.90. The van der Waals surface area contributed by atoms with E-state index in [4.69, 9.17) is 10.5 Å². The third kappa shape index (κ3) is 4.31. The molecule has 3 nitrogen and oxygen atoms in total. The second kappa shape index (κ2) is 7.39. The lowest BCUT2D eigenvalue weighted by Crippen LogP contribution is -2.28. The summed E-state index contributed by atoms with van der Waals surface area (Å²) < 4.78 is 5.69. The molecule has 0 spiro atoms. The quantitative estimate of drug-likeness (QED) is 0.783. The molecule has 102 valence electrons. The maximum atomic E-state index is 9.17. The van der Waals surface area contributed by atoms with Gasteiger partial charge in [-0.3, -0.25) is 0 Å². The van der Waals surface area contributed by atoms with Crippen LogP contribution in [-0.2, 0) is 0 Å².